The second kappa shape index (κ2) is 7.22. The molecule has 1 aromatic carbocycles. The van der Waals surface area contributed by atoms with Crippen molar-refractivity contribution < 1.29 is 13.6 Å². The summed E-state index contributed by atoms with van der Waals surface area (Å²) in [6.07, 6.45) is 7.29. The molecule has 1 aliphatic heterocycles. The molecule has 3 heterocycles. The molecule has 146 valence electrons. The summed E-state index contributed by atoms with van der Waals surface area (Å²) in [6.45, 7) is 3.33. The van der Waals surface area contributed by atoms with Gasteiger partial charge >= 0.3 is 0 Å². The van der Waals surface area contributed by atoms with E-state index in [0.29, 0.717) is 36.7 Å². The van der Waals surface area contributed by atoms with Crippen molar-refractivity contribution in [2.75, 3.05) is 13.1 Å². The number of nitrogens with zero attached hydrogens (tertiary/aromatic N) is 4. The molecule has 4 rings (SSSR count). The molecule has 2 aromatic heterocycles. The highest BCUT2D eigenvalue weighted by Crippen LogP contribution is 2.34. The normalized spacial score (nSPS) is 19.8. The lowest BCUT2D eigenvalue weighted by atomic mass is 9.81. The van der Waals surface area contributed by atoms with E-state index in [0.717, 1.165) is 18.4 Å². The number of amides is 1. The van der Waals surface area contributed by atoms with Crippen LogP contribution in [0, 0.1) is 5.82 Å². The van der Waals surface area contributed by atoms with Crippen LogP contribution in [0.3, 0.4) is 0 Å². The number of likely N-dealkylation sites (tertiary alicyclic amines) is 1. The summed E-state index contributed by atoms with van der Waals surface area (Å²) in [5.41, 5.74) is 1.08. The molecule has 0 bridgehead atoms. The van der Waals surface area contributed by atoms with Crippen molar-refractivity contribution in [3.05, 3.63) is 71.5 Å². The molecule has 7 heteroatoms. The fourth-order valence-corrected chi connectivity index (χ4v) is 3.82. The van der Waals surface area contributed by atoms with Crippen LogP contribution in [0.1, 0.15) is 47.3 Å². The lowest BCUT2D eigenvalue weighted by molar-refractivity contribution is 0.0626. The van der Waals surface area contributed by atoms with Crippen molar-refractivity contribution in [3.63, 3.8) is 0 Å². The Labute approximate surface area is 163 Å². The van der Waals surface area contributed by atoms with E-state index in [9.17, 15) is 9.18 Å². The number of hydrogen-bond donors (Lipinski definition) is 0. The molecule has 0 spiro atoms. The average Bonchev–Trinajstić information content (AvgIpc) is 3.31. The minimum atomic E-state index is -0.351. The summed E-state index contributed by atoms with van der Waals surface area (Å²) in [7, 11) is 1.80. The number of piperidine rings is 1. The van der Waals surface area contributed by atoms with Gasteiger partial charge in [0.2, 0.25) is 5.89 Å². The predicted molar refractivity (Wildman–Crippen MR) is 101 cm³/mol. The highest BCUT2D eigenvalue weighted by molar-refractivity contribution is 5.93. The maximum Gasteiger partial charge on any atom is 0.257 e. The second-order valence-electron chi connectivity index (χ2n) is 7.73. The fourth-order valence-electron chi connectivity index (χ4n) is 3.82. The Hall–Kier alpha value is -2.96. The quantitative estimate of drug-likeness (QED) is 0.694. The fraction of sp³-hybridized carbons (Fsp3) is 0.381. The molecular weight excluding hydrogens is 359 g/mol. The van der Waals surface area contributed by atoms with E-state index in [2.05, 4.69) is 17.0 Å². The van der Waals surface area contributed by atoms with E-state index < -0.39 is 0 Å². The van der Waals surface area contributed by atoms with Crippen LogP contribution in [0.5, 0.6) is 0 Å². The smallest absolute Gasteiger partial charge is 0.257 e. The van der Waals surface area contributed by atoms with E-state index in [1.807, 2.05) is 11.0 Å². The number of carbonyl (C=O) groups is 1. The highest BCUT2D eigenvalue weighted by Gasteiger charge is 2.38. The first kappa shape index (κ1) is 18.4. The Kier molecular flexibility index (Phi) is 4.75. The monoisotopic (exact) mass is 382 g/mol. The highest BCUT2D eigenvalue weighted by atomic mass is 19.1. The summed E-state index contributed by atoms with van der Waals surface area (Å²) in [6, 6.07) is 6.47. The van der Waals surface area contributed by atoms with Gasteiger partial charge in [-0.3, -0.25) is 9.48 Å². The molecule has 0 saturated carbocycles. The van der Waals surface area contributed by atoms with Gasteiger partial charge in [0.25, 0.3) is 5.91 Å². The van der Waals surface area contributed by atoms with E-state index in [-0.39, 0.29) is 17.1 Å². The van der Waals surface area contributed by atoms with E-state index in [1.165, 1.54) is 12.1 Å². The summed E-state index contributed by atoms with van der Waals surface area (Å²) in [5.74, 6) is 1.03. The van der Waals surface area contributed by atoms with Crippen molar-refractivity contribution in [1.82, 2.24) is 19.7 Å². The molecule has 0 unspecified atom stereocenters. The number of benzene rings is 1. The number of aromatic nitrogens is 3. The first-order valence-electron chi connectivity index (χ1n) is 9.40. The van der Waals surface area contributed by atoms with Gasteiger partial charge in [0.1, 0.15) is 11.6 Å². The minimum absolute atomic E-state index is 0.0226. The van der Waals surface area contributed by atoms with Crippen molar-refractivity contribution >= 4 is 5.91 Å². The third-order valence-corrected chi connectivity index (χ3v) is 5.27. The first-order chi connectivity index (χ1) is 13.4. The van der Waals surface area contributed by atoms with Crippen LogP contribution < -0.4 is 0 Å². The van der Waals surface area contributed by atoms with Gasteiger partial charge < -0.3 is 9.32 Å². The summed E-state index contributed by atoms with van der Waals surface area (Å²) in [4.78, 5) is 19.1. The maximum atomic E-state index is 13.4. The van der Waals surface area contributed by atoms with Crippen LogP contribution in [0.4, 0.5) is 4.39 Å². The molecule has 1 amide bonds. The molecule has 1 atom stereocenters. The predicted octanol–water partition coefficient (Wildman–Crippen LogP) is 3.33. The largest absolute Gasteiger partial charge is 0.445 e. The summed E-state index contributed by atoms with van der Waals surface area (Å²) in [5, 5.41) is 4.09. The summed E-state index contributed by atoms with van der Waals surface area (Å²) >= 11 is 0. The van der Waals surface area contributed by atoms with E-state index in [4.69, 9.17) is 4.42 Å². The Morgan fingerprint density at radius 1 is 1.36 bits per heavy atom. The SMILES string of the molecule is Cn1cc(C(=O)N2CCC[C@](C)(c3ncc(Cc4cccc(F)c4)o3)C2)cn1. The van der Waals surface area contributed by atoms with Crippen molar-refractivity contribution in [1.29, 1.82) is 0 Å². The van der Waals surface area contributed by atoms with Crippen molar-refractivity contribution in [2.45, 2.75) is 31.6 Å². The van der Waals surface area contributed by atoms with Gasteiger partial charge in [-0.15, -0.1) is 0 Å². The Morgan fingerprint density at radius 3 is 2.96 bits per heavy atom. The zero-order valence-corrected chi connectivity index (χ0v) is 16.1. The van der Waals surface area contributed by atoms with Gasteiger partial charge in [-0.1, -0.05) is 12.1 Å². The number of hydrogen-bond acceptors (Lipinski definition) is 4. The van der Waals surface area contributed by atoms with Gasteiger partial charge in [0.05, 0.1) is 23.4 Å². The van der Waals surface area contributed by atoms with Gasteiger partial charge in [0, 0.05) is 32.8 Å². The van der Waals surface area contributed by atoms with E-state index >= 15 is 0 Å². The molecule has 1 fully saturated rings. The van der Waals surface area contributed by atoms with Crippen LogP contribution in [-0.2, 0) is 18.9 Å². The molecule has 28 heavy (non-hydrogen) atoms. The lowest BCUT2D eigenvalue weighted by Gasteiger charge is -2.38. The molecule has 0 aliphatic carbocycles. The topological polar surface area (TPSA) is 64.2 Å². The van der Waals surface area contributed by atoms with Gasteiger partial charge in [0.15, 0.2) is 0 Å². The summed E-state index contributed by atoms with van der Waals surface area (Å²) < 4.78 is 21.0. The maximum absolute atomic E-state index is 13.4. The molecule has 3 aromatic rings. The minimum Gasteiger partial charge on any atom is -0.445 e. The third-order valence-electron chi connectivity index (χ3n) is 5.27. The van der Waals surface area contributed by atoms with Crippen LogP contribution in [0.2, 0.25) is 0 Å². The van der Waals surface area contributed by atoms with Gasteiger partial charge in [-0.05, 0) is 37.5 Å². The second-order valence-corrected chi connectivity index (χ2v) is 7.73. The third kappa shape index (κ3) is 3.69. The number of aryl methyl sites for hydroxylation is 1. The number of halogens is 1. The number of carbonyl (C=O) groups excluding carboxylic acids is 1. The molecular formula is C21H23FN4O2. The zero-order valence-electron chi connectivity index (χ0n) is 16.1. The van der Waals surface area contributed by atoms with Crippen molar-refractivity contribution in [3.8, 4) is 0 Å². The molecule has 1 saturated heterocycles. The molecule has 1 aliphatic rings. The first-order valence-corrected chi connectivity index (χ1v) is 9.40. The van der Waals surface area contributed by atoms with Crippen LogP contribution in [0.15, 0.2) is 47.3 Å². The number of rotatable bonds is 4. The number of oxazole rings is 1. The van der Waals surface area contributed by atoms with E-state index in [1.54, 1.807) is 36.4 Å². The Morgan fingerprint density at radius 2 is 2.21 bits per heavy atom. The Bertz CT molecular complexity index is 996. The lowest BCUT2D eigenvalue weighted by Crippen LogP contribution is -2.47. The zero-order chi connectivity index (χ0) is 19.7. The van der Waals surface area contributed by atoms with Gasteiger partial charge in [-0.2, -0.15) is 5.10 Å². The molecule has 6 nitrogen and oxygen atoms in total. The van der Waals surface area contributed by atoms with Crippen LogP contribution >= 0.6 is 0 Å². The Balaban J connectivity index is 1.50. The van der Waals surface area contributed by atoms with Crippen LogP contribution in [-0.4, -0.2) is 38.7 Å². The van der Waals surface area contributed by atoms with Crippen LogP contribution in [0.25, 0.3) is 0 Å². The standard InChI is InChI=1S/C21H23FN4O2/c1-21(7-4-8-26(14-21)19(27)16-11-24-25(2)13-16)20-23-12-18(28-20)10-15-5-3-6-17(22)9-15/h3,5-6,9,11-13H,4,7-8,10,14H2,1-2H3/t21-/m0/s1. The molecule has 0 radical (unpaired) electrons. The van der Waals surface area contributed by atoms with Crippen molar-refractivity contribution in [2.24, 2.45) is 7.05 Å². The molecule has 0 N–H and O–H groups in total. The average molecular weight is 382 g/mol. The van der Waals surface area contributed by atoms with Gasteiger partial charge in [-0.25, -0.2) is 9.37 Å².